The quantitative estimate of drug-likeness (QED) is 0.607. The number of fused-ring (bicyclic) bond motifs is 1. The topological polar surface area (TPSA) is 42.4 Å². The summed E-state index contributed by atoms with van der Waals surface area (Å²) < 4.78 is 57.9. The van der Waals surface area contributed by atoms with Gasteiger partial charge in [0.25, 0.3) is 0 Å². The largest absolute Gasteiger partial charge is 0.461 e. The smallest absolute Gasteiger partial charge is 0.418 e. The van der Waals surface area contributed by atoms with E-state index < -0.39 is 23.5 Å². The molecule has 8 heteroatoms. The van der Waals surface area contributed by atoms with E-state index in [4.69, 9.17) is 4.74 Å². The number of nitrogens with zero attached hydrogens (tertiary/aromatic N) is 2. The number of benzene rings is 1. The summed E-state index contributed by atoms with van der Waals surface area (Å²) in [5.74, 6) is -1.46. The van der Waals surface area contributed by atoms with Gasteiger partial charge in [-0.3, -0.25) is 0 Å². The molecule has 138 valence electrons. The highest BCUT2D eigenvalue weighted by Gasteiger charge is 2.36. The summed E-state index contributed by atoms with van der Waals surface area (Å²) in [4.78, 5) is 17.3. The van der Waals surface area contributed by atoms with E-state index >= 15 is 0 Å². The maximum Gasteiger partial charge on any atom is 0.418 e. The number of pyridine rings is 1. The molecular formula is C18H16F4N2O2. The molecule has 2 aromatic rings. The molecule has 1 aliphatic rings. The van der Waals surface area contributed by atoms with Gasteiger partial charge in [-0.15, -0.1) is 0 Å². The van der Waals surface area contributed by atoms with Crippen LogP contribution in [-0.4, -0.2) is 24.1 Å². The summed E-state index contributed by atoms with van der Waals surface area (Å²) in [5, 5.41) is 0. The van der Waals surface area contributed by atoms with Gasteiger partial charge < -0.3 is 9.64 Å². The average Bonchev–Trinajstić information content (AvgIpc) is 2.60. The Morgan fingerprint density at radius 1 is 1.27 bits per heavy atom. The molecule has 0 bridgehead atoms. The van der Waals surface area contributed by atoms with E-state index in [2.05, 4.69) is 4.98 Å². The molecule has 0 radical (unpaired) electrons. The van der Waals surface area contributed by atoms with Crippen molar-refractivity contribution in [3.05, 3.63) is 58.7 Å². The fourth-order valence-electron chi connectivity index (χ4n) is 2.97. The van der Waals surface area contributed by atoms with Gasteiger partial charge in [-0.1, -0.05) is 0 Å². The summed E-state index contributed by atoms with van der Waals surface area (Å²) in [6.45, 7) is 2.43. The monoisotopic (exact) mass is 368 g/mol. The molecule has 0 aliphatic carbocycles. The van der Waals surface area contributed by atoms with Crippen LogP contribution < -0.4 is 4.90 Å². The van der Waals surface area contributed by atoms with Gasteiger partial charge in [0.15, 0.2) is 0 Å². The zero-order valence-electron chi connectivity index (χ0n) is 13.9. The normalized spacial score (nSPS) is 14.1. The molecule has 2 heterocycles. The van der Waals surface area contributed by atoms with Crippen molar-refractivity contribution in [2.24, 2.45) is 0 Å². The second kappa shape index (κ2) is 6.93. The minimum absolute atomic E-state index is 0.0704. The highest BCUT2D eigenvalue weighted by molar-refractivity contribution is 5.87. The first-order valence-electron chi connectivity index (χ1n) is 8.06. The molecule has 0 atom stereocenters. The summed E-state index contributed by atoms with van der Waals surface area (Å²) in [6.07, 6.45) is -2.73. The maximum atomic E-state index is 13.3. The van der Waals surface area contributed by atoms with Gasteiger partial charge in [-0.25, -0.2) is 14.2 Å². The molecular weight excluding hydrogens is 352 g/mol. The third kappa shape index (κ3) is 3.63. The Morgan fingerprint density at radius 3 is 2.73 bits per heavy atom. The van der Waals surface area contributed by atoms with E-state index in [-0.39, 0.29) is 24.5 Å². The van der Waals surface area contributed by atoms with Crippen molar-refractivity contribution in [2.75, 3.05) is 18.1 Å². The Morgan fingerprint density at radius 2 is 2.04 bits per heavy atom. The molecule has 0 fully saturated rings. The number of alkyl halides is 3. The SMILES string of the molecule is CCOC(=O)c1cc2c(cn1)CN(c1ccc(F)cc1C(F)(F)F)CC2. The summed E-state index contributed by atoms with van der Waals surface area (Å²) >= 11 is 0. The van der Waals surface area contributed by atoms with Gasteiger partial charge in [-0.05, 0) is 48.7 Å². The standard InChI is InChI=1S/C18H16F4N2O2/c1-2-26-17(25)15-7-11-5-6-24(10-12(11)9-23-15)16-4-3-13(19)8-14(16)18(20,21)22/h3-4,7-9H,2,5-6,10H2,1H3. The number of ether oxygens (including phenoxy) is 1. The Bertz CT molecular complexity index is 836. The van der Waals surface area contributed by atoms with E-state index in [1.54, 1.807) is 13.0 Å². The second-order valence-corrected chi connectivity index (χ2v) is 5.89. The lowest BCUT2D eigenvalue weighted by Crippen LogP contribution is -2.32. The zero-order valence-corrected chi connectivity index (χ0v) is 13.9. The molecule has 0 saturated carbocycles. The summed E-state index contributed by atoms with van der Waals surface area (Å²) in [5.41, 5.74) is 0.671. The Hall–Kier alpha value is -2.64. The molecule has 0 amide bonds. The number of anilines is 1. The van der Waals surface area contributed by atoms with Gasteiger partial charge in [0.2, 0.25) is 0 Å². The third-order valence-corrected chi connectivity index (χ3v) is 4.18. The van der Waals surface area contributed by atoms with Crippen LogP contribution >= 0.6 is 0 Å². The van der Waals surface area contributed by atoms with E-state index in [0.717, 1.165) is 23.3 Å². The number of carbonyl (C=O) groups excluding carboxylic acids is 1. The van der Waals surface area contributed by atoms with Crippen molar-refractivity contribution < 1.29 is 27.1 Å². The molecule has 3 rings (SSSR count). The van der Waals surface area contributed by atoms with E-state index in [1.165, 1.54) is 11.1 Å². The number of hydrogen-bond donors (Lipinski definition) is 0. The van der Waals surface area contributed by atoms with Crippen LogP contribution in [0.2, 0.25) is 0 Å². The molecule has 1 aromatic carbocycles. The van der Waals surface area contributed by atoms with Crippen LogP contribution in [0, 0.1) is 5.82 Å². The van der Waals surface area contributed by atoms with Crippen molar-refractivity contribution in [1.29, 1.82) is 0 Å². The minimum atomic E-state index is -4.65. The average molecular weight is 368 g/mol. The lowest BCUT2D eigenvalue weighted by Gasteiger charge is -2.32. The van der Waals surface area contributed by atoms with E-state index in [0.29, 0.717) is 19.0 Å². The molecule has 26 heavy (non-hydrogen) atoms. The van der Waals surface area contributed by atoms with Crippen LogP contribution in [0.1, 0.15) is 34.1 Å². The Kier molecular flexibility index (Phi) is 4.84. The van der Waals surface area contributed by atoms with E-state index in [1.807, 2.05) is 0 Å². The van der Waals surface area contributed by atoms with Crippen LogP contribution in [0.15, 0.2) is 30.5 Å². The van der Waals surface area contributed by atoms with Gasteiger partial charge in [0, 0.05) is 25.0 Å². The van der Waals surface area contributed by atoms with Crippen molar-refractivity contribution in [1.82, 2.24) is 4.98 Å². The molecule has 4 nitrogen and oxygen atoms in total. The van der Waals surface area contributed by atoms with Crippen molar-refractivity contribution >= 4 is 11.7 Å². The maximum absolute atomic E-state index is 13.3. The minimum Gasteiger partial charge on any atom is -0.461 e. The fraction of sp³-hybridized carbons (Fsp3) is 0.333. The first kappa shape index (κ1) is 18.2. The second-order valence-electron chi connectivity index (χ2n) is 5.89. The lowest BCUT2D eigenvalue weighted by atomic mass is 9.99. The number of aromatic nitrogens is 1. The summed E-state index contributed by atoms with van der Waals surface area (Å²) in [7, 11) is 0. The molecule has 1 aliphatic heterocycles. The van der Waals surface area contributed by atoms with Gasteiger partial charge in [-0.2, -0.15) is 13.2 Å². The van der Waals surface area contributed by atoms with Crippen LogP contribution in [0.25, 0.3) is 0 Å². The highest BCUT2D eigenvalue weighted by Crippen LogP contribution is 2.38. The van der Waals surface area contributed by atoms with Gasteiger partial charge in [0.1, 0.15) is 11.5 Å². The number of esters is 1. The van der Waals surface area contributed by atoms with Crippen molar-refractivity contribution in [3.8, 4) is 0 Å². The number of carbonyl (C=O) groups is 1. The number of halogens is 4. The lowest BCUT2D eigenvalue weighted by molar-refractivity contribution is -0.137. The molecule has 0 N–H and O–H groups in total. The molecule has 1 aromatic heterocycles. The van der Waals surface area contributed by atoms with Gasteiger partial charge in [0.05, 0.1) is 12.2 Å². The van der Waals surface area contributed by atoms with E-state index in [9.17, 15) is 22.4 Å². The molecule has 0 unspecified atom stereocenters. The summed E-state index contributed by atoms with van der Waals surface area (Å²) in [6, 6.07) is 4.28. The van der Waals surface area contributed by atoms with Crippen molar-refractivity contribution in [2.45, 2.75) is 26.1 Å². The van der Waals surface area contributed by atoms with Crippen LogP contribution in [0.4, 0.5) is 23.2 Å². The molecule has 0 saturated heterocycles. The van der Waals surface area contributed by atoms with Gasteiger partial charge >= 0.3 is 12.1 Å². The van der Waals surface area contributed by atoms with Crippen LogP contribution in [0.5, 0.6) is 0 Å². The van der Waals surface area contributed by atoms with Crippen LogP contribution in [0.3, 0.4) is 0 Å². The number of hydrogen-bond acceptors (Lipinski definition) is 4. The Labute approximate surface area is 147 Å². The zero-order chi connectivity index (χ0) is 18.9. The number of rotatable bonds is 3. The predicted octanol–water partition coefficient (Wildman–Crippen LogP) is 3.98. The molecule has 0 spiro atoms. The Balaban J connectivity index is 1.89. The fourth-order valence-corrected chi connectivity index (χ4v) is 2.97. The van der Waals surface area contributed by atoms with Crippen molar-refractivity contribution in [3.63, 3.8) is 0 Å². The first-order chi connectivity index (χ1) is 12.3. The third-order valence-electron chi connectivity index (χ3n) is 4.18. The van der Waals surface area contributed by atoms with Crippen LogP contribution in [-0.2, 0) is 23.9 Å². The first-order valence-corrected chi connectivity index (χ1v) is 8.06. The highest BCUT2D eigenvalue weighted by atomic mass is 19.4. The predicted molar refractivity (Wildman–Crippen MR) is 86.3 cm³/mol.